The average molecular weight is 277 g/mol. The number of aliphatic hydroxyl groups is 1. The Morgan fingerprint density at radius 2 is 2.05 bits per heavy atom. The number of carbonyl (C=O) groups excluding carboxylic acids is 1. The summed E-state index contributed by atoms with van der Waals surface area (Å²) >= 11 is 0. The Bertz CT molecular complexity index is 438. The minimum atomic E-state index is -0.430. The molecule has 2 atom stereocenters. The van der Waals surface area contributed by atoms with E-state index in [4.69, 9.17) is 4.74 Å². The second kappa shape index (κ2) is 6.75. The van der Waals surface area contributed by atoms with Gasteiger partial charge in [0.2, 0.25) is 5.91 Å². The van der Waals surface area contributed by atoms with E-state index in [0.29, 0.717) is 18.8 Å². The molecule has 0 spiro atoms. The molecule has 0 aromatic heterocycles. The Morgan fingerprint density at radius 3 is 2.55 bits per heavy atom. The fourth-order valence-electron chi connectivity index (χ4n) is 2.30. The molecule has 1 aliphatic carbocycles. The van der Waals surface area contributed by atoms with Gasteiger partial charge in [0.1, 0.15) is 5.75 Å². The molecule has 20 heavy (non-hydrogen) atoms. The van der Waals surface area contributed by atoms with Crippen molar-refractivity contribution in [1.82, 2.24) is 5.32 Å². The summed E-state index contributed by atoms with van der Waals surface area (Å²) in [7, 11) is 1.64. The van der Waals surface area contributed by atoms with E-state index in [-0.39, 0.29) is 11.9 Å². The summed E-state index contributed by atoms with van der Waals surface area (Å²) in [6.07, 6.45) is 2.77. The molecule has 1 fully saturated rings. The van der Waals surface area contributed by atoms with Gasteiger partial charge in [-0.05, 0) is 49.8 Å². The molecule has 0 radical (unpaired) electrons. The zero-order chi connectivity index (χ0) is 14.5. The molecule has 1 aromatic rings. The number of nitrogens with one attached hydrogen (secondary N) is 1. The third-order valence-corrected chi connectivity index (χ3v) is 3.67. The lowest BCUT2D eigenvalue weighted by molar-refractivity contribution is -0.122. The predicted octanol–water partition coefficient (Wildman–Crippen LogP) is 2.42. The van der Waals surface area contributed by atoms with Crippen LogP contribution in [0.15, 0.2) is 24.3 Å². The average Bonchev–Trinajstić information content (AvgIpc) is 3.27. The van der Waals surface area contributed by atoms with E-state index in [1.54, 1.807) is 14.0 Å². The van der Waals surface area contributed by atoms with Crippen molar-refractivity contribution in [1.29, 1.82) is 0 Å². The third kappa shape index (κ3) is 4.23. The first-order valence-corrected chi connectivity index (χ1v) is 7.21. The molecule has 2 unspecified atom stereocenters. The number of benzene rings is 1. The van der Waals surface area contributed by atoms with Gasteiger partial charge in [0.05, 0.1) is 19.3 Å². The number of hydrogen-bond acceptors (Lipinski definition) is 3. The predicted molar refractivity (Wildman–Crippen MR) is 77.5 cm³/mol. The summed E-state index contributed by atoms with van der Waals surface area (Å²) in [5, 5.41) is 12.3. The van der Waals surface area contributed by atoms with Gasteiger partial charge < -0.3 is 15.2 Å². The minimum Gasteiger partial charge on any atom is -0.497 e. The van der Waals surface area contributed by atoms with Crippen LogP contribution in [0, 0.1) is 5.92 Å². The van der Waals surface area contributed by atoms with Gasteiger partial charge in [0, 0.05) is 6.42 Å². The number of hydrogen-bond donors (Lipinski definition) is 2. The van der Waals surface area contributed by atoms with Crippen molar-refractivity contribution in [3.8, 4) is 5.75 Å². The van der Waals surface area contributed by atoms with Crippen LogP contribution in [0.5, 0.6) is 5.75 Å². The zero-order valence-corrected chi connectivity index (χ0v) is 12.1. The van der Waals surface area contributed by atoms with Crippen molar-refractivity contribution in [3.63, 3.8) is 0 Å². The van der Waals surface area contributed by atoms with Crippen LogP contribution in [0.2, 0.25) is 0 Å². The number of carbonyl (C=O) groups is 1. The van der Waals surface area contributed by atoms with Gasteiger partial charge in [-0.15, -0.1) is 0 Å². The van der Waals surface area contributed by atoms with E-state index in [9.17, 15) is 9.90 Å². The molecule has 1 aliphatic rings. The maximum atomic E-state index is 11.9. The Kier molecular flexibility index (Phi) is 5.01. The normalized spacial score (nSPS) is 17.4. The second-order valence-electron chi connectivity index (χ2n) is 5.54. The maximum Gasteiger partial charge on any atom is 0.220 e. The van der Waals surface area contributed by atoms with Crippen LogP contribution in [0.3, 0.4) is 0 Å². The topological polar surface area (TPSA) is 58.6 Å². The van der Waals surface area contributed by atoms with Gasteiger partial charge in [-0.2, -0.15) is 0 Å². The number of amides is 1. The lowest BCUT2D eigenvalue weighted by Crippen LogP contribution is -2.30. The molecule has 2 rings (SSSR count). The fourth-order valence-corrected chi connectivity index (χ4v) is 2.30. The molecular formula is C16H23NO3. The van der Waals surface area contributed by atoms with Crippen LogP contribution in [-0.4, -0.2) is 24.2 Å². The lowest BCUT2D eigenvalue weighted by atomic mass is 10.0. The highest BCUT2D eigenvalue weighted by atomic mass is 16.5. The molecule has 1 amide bonds. The van der Waals surface area contributed by atoms with Gasteiger partial charge in [-0.1, -0.05) is 12.1 Å². The van der Waals surface area contributed by atoms with Gasteiger partial charge in [0.25, 0.3) is 0 Å². The molecular weight excluding hydrogens is 254 g/mol. The van der Waals surface area contributed by atoms with Crippen LogP contribution in [0.1, 0.15) is 44.2 Å². The highest BCUT2D eigenvalue weighted by Crippen LogP contribution is 2.41. The number of aliphatic hydroxyl groups excluding tert-OH is 1. The Hall–Kier alpha value is -1.55. The molecule has 4 nitrogen and oxygen atoms in total. The molecule has 0 aliphatic heterocycles. The van der Waals surface area contributed by atoms with Gasteiger partial charge in [-0.3, -0.25) is 4.79 Å². The van der Waals surface area contributed by atoms with Crippen molar-refractivity contribution in [2.45, 2.75) is 44.8 Å². The SMILES string of the molecule is COc1ccc(C(NC(=O)CCC(C)O)C2CC2)cc1. The van der Waals surface area contributed by atoms with E-state index < -0.39 is 6.10 Å². The molecule has 4 heteroatoms. The summed E-state index contributed by atoms with van der Waals surface area (Å²) < 4.78 is 5.16. The quantitative estimate of drug-likeness (QED) is 0.804. The van der Waals surface area contributed by atoms with Gasteiger partial charge in [-0.25, -0.2) is 0 Å². The zero-order valence-electron chi connectivity index (χ0n) is 12.1. The van der Waals surface area contributed by atoms with E-state index in [0.717, 1.165) is 24.2 Å². The van der Waals surface area contributed by atoms with Crippen molar-refractivity contribution in [3.05, 3.63) is 29.8 Å². The Labute approximate surface area is 120 Å². The van der Waals surface area contributed by atoms with E-state index in [1.807, 2.05) is 24.3 Å². The number of ether oxygens (including phenoxy) is 1. The molecule has 0 heterocycles. The van der Waals surface area contributed by atoms with Crippen LogP contribution >= 0.6 is 0 Å². The molecule has 110 valence electrons. The molecule has 0 bridgehead atoms. The summed E-state index contributed by atoms with van der Waals surface area (Å²) in [6.45, 7) is 1.70. The fraction of sp³-hybridized carbons (Fsp3) is 0.562. The minimum absolute atomic E-state index is 0.0126. The highest BCUT2D eigenvalue weighted by molar-refractivity contribution is 5.76. The Morgan fingerprint density at radius 1 is 1.40 bits per heavy atom. The lowest BCUT2D eigenvalue weighted by Gasteiger charge is -2.19. The van der Waals surface area contributed by atoms with Gasteiger partial charge >= 0.3 is 0 Å². The number of methoxy groups -OCH3 is 1. The first kappa shape index (κ1) is 14.9. The summed E-state index contributed by atoms with van der Waals surface area (Å²) in [4.78, 5) is 11.9. The second-order valence-corrected chi connectivity index (χ2v) is 5.54. The molecule has 1 aromatic carbocycles. The van der Waals surface area contributed by atoms with E-state index >= 15 is 0 Å². The highest BCUT2D eigenvalue weighted by Gasteiger charge is 2.33. The standard InChI is InChI=1S/C16H23NO3/c1-11(18)3-10-15(19)17-16(12-4-5-12)13-6-8-14(20-2)9-7-13/h6-9,11-12,16,18H,3-5,10H2,1-2H3,(H,17,19). The smallest absolute Gasteiger partial charge is 0.220 e. The monoisotopic (exact) mass is 277 g/mol. The van der Waals surface area contributed by atoms with Crippen molar-refractivity contribution in [2.75, 3.05) is 7.11 Å². The number of rotatable bonds is 7. The van der Waals surface area contributed by atoms with Crippen LogP contribution < -0.4 is 10.1 Å². The van der Waals surface area contributed by atoms with Crippen LogP contribution in [-0.2, 0) is 4.79 Å². The molecule has 2 N–H and O–H groups in total. The van der Waals surface area contributed by atoms with E-state index in [2.05, 4.69) is 5.32 Å². The maximum absolute atomic E-state index is 11.9. The molecule has 1 saturated carbocycles. The summed E-state index contributed by atoms with van der Waals surface area (Å²) in [5.74, 6) is 1.38. The van der Waals surface area contributed by atoms with Crippen molar-refractivity contribution in [2.24, 2.45) is 5.92 Å². The van der Waals surface area contributed by atoms with Crippen molar-refractivity contribution >= 4 is 5.91 Å². The largest absolute Gasteiger partial charge is 0.497 e. The molecule has 0 saturated heterocycles. The van der Waals surface area contributed by atoms with Crippen LogP contribution in [0.25, 0.3) is 0 Å². The van der Waals surface area contributed by atoms with Crippen LogP contribution in [0.4, 0.5) is 0 Å². The van der Waals surface area contributed by atoms with E-state index in [1.165, 1.54) is 0 Å². The first-order valence-electron chi connectivity index (χ1n) is 7.21. The van der Waals surface area contributed by atoms with Crippen molar-refractivity contribution < 1.29 is 14.6 Å². The Balaban J connectivity index is 1.97. The van der Waals surface area contributed by atoms with Gasteiger partial charge in [0.15, 0.2) is 0 Å². The summed E-state index contributed by atoms with van der Waals surface area (Å²) in [5.41, 5.74) is 1.12. The first-order chi connectivity index (χ1) is 9.60. The summed E-state index contributed by atoms with van der Waals surface area (Å²) in [6, 6.07) is 7.95. The third-order valence-electron chi connectivity index (χ3n) is 3.67.